The Kier molecular flexibility index (Phi) is 2.45. The summed E-state index contributed by atoms with van der Waals surface area (Å²) in [5.74, 6) is 0. The highest BCUT2D eigenvalue weighted by Gasteiger charge is 2.05. The predicted molar refractivity (Wildman–Crippen MR) is 67.2 cm³/mol. The van der Waals surface area contributed by atoms with E-state index < -0.39 is 0 Å². The fourth-order valence-corrected chi connectivity index (χ4v) is 2.20. The smallest absolute Gasteiger partial charge is 0.0901 e. The molecular formula is C12H10N4S. The lowest BCUT2D eigenvalue weighted by molar-refractivity contribution is 0.874. The molecule has 0 unspecified atom stereocenters. The highest BCUT2D eigenvalue weighted by molar-refractivity contribution is 7.09. The van der Waals surface area contributed by atoms with Crippen molar-refractivity contribution in [2.75, 3.05) is 0 Å². The number of hydrogen-bond acceptors (Lipinski definition) is 4. The summed E-state index contributed by atoms with van der Waals surface area (Å²) < 4.78 is 1.80. The first kappa shape index (κ1) is 10.2. The minimum Gasteiger partial charge on any atom is -0.262 e. The molecule has 0 atom stereocenters. The van der Waals surface area contributed by atoms with Gasteiger partial charge in [0, 0.05) is 23.3 Å². The minimum atomic E-state index is 0.950. The van der Waals surface area contributed by atoms with Gasteiger partial charge in [-0.3, -0.25) is 4.98 Å². The van der Waals surface area contributed by atoms with Gasteiger partial charge in [-0.2, -0.15) is 5.10 Å². The first-order valence-electron chi connectivity index (χ1n) is 5.20. The molecule has 3 aromatic rings. The van der Waals surface area contributed by atoms with Crippen molar-refractivity contribution in [2.24, 2.45) is 0 Å². The van der Waals surface area contributed by atoms with E-state index in [1.54, 1.807) is 28.4 Å². The molecular weight excluding hydrogens is 232 g/mol. The number of nitrogens with zero attached hydrogens (tertiary/aromatic N) is 4. The molecule has 84 valence electrons. The Morgan fingerprint density at radius 3 is 2.94 bits per heavy atom. The van der Waals surface area contributed by atoms with Crippen molar-refractivity contribution >= 4 is 11.3 Å². The molecule has 4 nitrogen and oxygen atoms in total. The third-order valence-corrected chi connectivity index (χ3v) is 3.18. The highest BCUT2D eigenvalue weighted by Crippen LogP contribution is 2.21. The summed E-state index contributed by atoms with van der Waals surface area (Å²) in [4.78, 5) is 8.51. The van der Waals surface area contributed by atoms with Crippen molar-refractivity contribution in [3.8, 4) is 16.9 Å². The van der Waals surface area contributed by atoms with Crippen LogP contribution in [0.25, 0.3) is 16.9 Å². The van der Waals surface area contributed by atoms with Crippen molar-refractivity contribution in [3.05, 3.63) is 47.3 Å². The van der Waals surface area contributed by atoms with Crippen LogP contribution in [0, 0.1) is 6.92 Å². The van der Waals surface area contributed by atoms with Gasteiger partial charge in [0.25, 0.3) is 0 Å². The number of hydrogen-bond donors (Lipinski definition) is 0. The number of pyridine rings is 1. The molecule has 0 aliphatic heterocycles. The second-order valence-corrected chi connectivity index (χ2v) is 4.70. The molecule has 3 heterocycles. The van der Waals surface area contributed by atoms with Gasteiger partial charge in [-0.15, -0.1) is 11.3 Å². The average Bonchev–Trinajstić information content (AvgIpc) is 2.98. The third kappa shape index (κ3) is 1.97. The van der Waals surface area contributed by atoms with Crippen molar-refractivity contribution in [1.82, 2.24) is 19.7 Å². The lowest BCUT2D eigenvalue weighted by Crippen LogP contribution is -1.93. The van der Waals surface area contributed by atoms with Gasteiger partial charge in [-0.1, -0.05) is 0 Å². The van der Waals surface area contributed by atoms with Crippen LogP contribution in [0.5, 0.6) is 0 Å². The summed E-state index contributed by atoms with van der Waals surface area (Å²) in [6, 6.07) is 3.86. The zero-order chi connectivity index (χ0) is 11.7. The topological polar surface area (TPSA) is 43.6 Å². The van der Waals surface area contributed by atoms with Crippen LogP contribution in [0.15, 0.2) is 42.3 Å². The lowest BCUT2D eigenvalue weighted by Gasteiger charge is -1.97. The van der Waals surface area contributed by atoms with E-state index in [9.17, 15) is 0 Å². The normalized spacial score (nSPS) is 10.6. The van der Waals surface area contributed by atoms with Crippen molar-refractivity contribution in [1.29, 1.82) is 0 Å². The van der Waals surface area contributed by atoms with Crippen molar-refractivity contribution in [2.45, 2.75) is 6.92 Å². The molecule has 0 N–H and O–H groups in total. The lowest BCUT2D eigenvalue weighted by atomic mass is 10.3. The van der Waals surface area contributed by atoms with E-state index in [-0.39, 0.29) is 0 Å². The standard InChI is InChI=1S/C12H10N4S/c1-9-15-12(8-17-9)10-5-14-16(7-10)11-3-2-4-13-6-11/h2-8H,1H3. The van der Waals surface area contributed by atoms with Gasteiger partial charge in [-0.05, 0) is 19.1 Å². The van der Waals surface area contributed by atoms with Gasteiger partial charge in [0.1, 0.15) is 0 Å². The van der Waals surface area contributed by atoms with E-state index in [0.29, 0.717) is 0 Å². The molecule has 0 spiro atoms. The average molecular weight is 242 g/mol. The van der Waals surface area contributed by atoms with Crippen molar-refractivity contribution < 1.29 is 0 Å². The maximum Gasteiger partial charge on any atom is 0.0901 e. The molecule has 5 heteroatoms. The molecule has 0 aromatic carbocycles. The summed E-state index contributed by atoms with van der Waals surface area (Å²) in [5.41, 5.74) is 2.95. The maximum absolute atomic E-state index is 4.44. The van der Waals surface area contributed by atoms with E-state index in [1.807, 2.05) is 36.8 Å². The zero-order valence-corrected chi connectivity index (χ0v) is 10.1. The van der Waals surface area contributed by atoms with E-state index in [0.717, 1.165) is 22.0 Å². The second-order valence-electron chi connectivity index (χ2n) is 3.64. The molecule has 17 heavy (non-hydrogen) atoms. The van der Waals surface area contributed by atoms with Crippen LogP contribution in [0.4, 0.5) is 0 Å². The molecule has 3 rings (SSSR count). The predicted octanol–water partition coefficient (Wildman–Crippen LogP) is 2.70. The number of rotatable bonds is 2. The first-order valence-corrected chi connectivity index (χ1v) is 6.08. The Hall–Kier alpha value is -2.01. The molecule has 0 amide bonds. The van der Waals surface area contributed by atoms with Crippen LogP contribution in [0.3, 0.4) is 0 Å². The summed E-state index contributed by atoms with van der Waals surface area (Å²) in [6.07, 6.45) is 7.31. The van der Waals surface area contributed by atoms with Crippen LogP contribution in [0.1, 0.15) is 5.01 Å². The number of thiazole rings is 1. The van der Waals surface area contributed by atoms with Gasteiger partial charge >= 0.3 is 0 Å². The van der Waals surface area contributed by atoms with E-state index in [4.69, 9.17) is 0 Å². The Balaban J connectivity index is 1.99. The quantitative estimate of drug-likeness (QED) is 0.694. The van der Waals surface area contributed by atoms with Gasteiger partial charge in [-0.25, -0.2) is 9.67 Å². The van der Waals surface area contributed by atoms with Gasteiger partial charge in [0.05, 0.1) is 28.8 Å². The Labute approximate surface area is 103 Å². The molecule has 0 fully saturated rings. The van der Waals surface area contributed by atoms with E-state index >= 15 is 0 Å². The minimum absolute atomic E-state index is 0.950. The monoisotopic (exact) mass is 242 g/mol. The SMILES string of the molecule is Cc1nc(-c2cnn(-c3cccnc3)c2)cs1. The van der Waals surface area contributed by atoms with Gasteiger partial charge < -0.3 is 0 Å². The molecule has 0 bridgehead atoms. The highest BCUT2D eigenvalue weighted by atomic mass is 32.1. The molecule has 0 aliphatic rings. The molecule has 0 saturated heterocycles. The van der Waals surface area contributed by atoms with Gasteiger partial charge in [0.2, 0.25) is 0 Å². The molecule has 0 radical (unpaired) electrons. The number of aromatic nitrogens is 4. The Morgan fingerprint density at radius 1 is 1.29 bits per heavy atom. The van der Waals surface area contributed by atoms with Crippen LogP contribution < -0.4 is 0 Å². The maximum atomic E-state index is 4.44. The van der Waals surface area contributed by atoms with Crippen LogP contribution in [-0.2, 0) is 0 Å². The summed E-state index contributed by atoms with van der Waals surface area (Å²) in [5, 5.41) is 7.42. The molecule has 0 aliphatic carbocycles. The number of aryl methyl sites for hydroxylation is 1. The molecule has 0 saturated carbocycles. The summed E-state index contributed by atoms with van der Waals surface area (Å²) in [7, 11) is 0. The van der Waals surface area contributed by atoms with Crippen LogP contribution >= 0.6 is 11.3 Å². The Morgan fingerprint density at radius 2 is 2.24 bits per heavy atom. The fraction of sp³-hybridized carbons (Fsp3) is 0.0833. The third-order valence-electron chi connectivity index (χ3n) is 2.41. The summed E-state index contributed by atoms with van der Waals surface area (Å²) >= 11 is 1.64. The largest absolute Gasteiger partial charge is 0.262 e. The molecule has 3 aromatic heterocycles. The van der Waals surface area contributed by atoms with Crippen LogP contribution in [0.2, 0.25) is 0 Å². The van der Waals surface area contributed by atoms with E-state index in [1.165, 1.54) is 0 Å². The Bertz CT molecular complexity index is 627. The van der Waals surface area contributed by atoms with Gasteiger partial charge in [0.15, 0.2) is 0 Å². The van der Waals surface area contributed by atoms with Crippen LogP contribution in [-0.4, -0.2) is 19.7 Å². The summed E-state index contributed by atoms with van der Waals surface area (Å²) in [6.45, 7) is 2.00. The first-order chi connectivity index (χ1) is 8.33. The van der Waals surface area contributed by atoms with Crippen molar-refractivity contribution in [3.63, 3.8) is 0 Å². The second kappa shape index (κ2) is 4.10. The fourth-order valence-electron chi connectivity index (χ4n) is 1.58. The zero-order valence-electron chi connectivity index (χ0n) is 9.24. The van der Waals surface area contributed by atoms with E-state index in [2.05, 4.69) is 15.1 Å².